The van der Waals surface area contributed by atoms with Crippen molar-refractivity contribution >= 4 is 113 Å². The summed E-state index contributed by atoms with van der Waals surface area (Å²) in [4.78, 5) is 4.95. The summed E-state index contributed by atoms with van der Waals surface area (Å²) in [6.07, 6.45) is 0. The lowest BCUT2D eigenvalue weighted by molar-refractivity contribution is 1.29. The summed E-state index contributed by atoms with van der Waals surface area (Å²) in [5.41, 5.74) is 21.2. The fourth-order valence-electron chi connectivity index (χ4n) is 11.4. The van der Waals surface area contributed by atoms with Gasteiger partial charge in [-0.1, -0.05) is 132 Å². The van der Waals surface area contributed by atoms with Gasteiger partial charge in [0.05, 0.1) is 0 Å². The minimum atomic E-state index is 0.138. The van der Waals surface area contributed by atoms with Gasteiger partial charge in [-0.3, -0.25) is 0 Å². The third kappa shape index (κ3) is 3.48. The first kappa shape index (κ1) is 29.3. The molecule has 4 aliphatic heterocycles. The third-order valence-electron chi connectivity index (χ3n) is 13.4. The van der Waals surface area contributed by atoms with E-state index in [9.17, 15) is 0 Å². The zero-order valence-electron chi connectivity index (χ0n) is 30.4. The van der Waals surface area contributed by atoms with Crippen LogP contribution in [0.3, 0.4) is 0 Å². The molecule has 56 heavy (non-hydrogen) atoms. The number of para-hydroxylation sites is 4. The number of fused-ring (bicyclic) bond motifs is 8. The van der Waals surface area contributed by atoms with Crippen LogP contribution >= 0.6 is 0 Å². The molecule has 0 unspecified atom stereocenters. The van der Waals surface area contributed by atoms with Gasteiger partial charge < -0.3 is 9.80 Å². The molecule has 0 radical (unpaired) electrons. The number of hydrogen-bond acceptors (Lipinski definition) is 2. The van der Waals surface area contributed by atoms with E-state index in [1.165, 1.54) is 121 Å². The summed E-state index contributed by atoms with van der Waals surface area (Å²) in [6, 6.07) is 68.6. The van der Waals surface area contributed by atoms with Crippen molar-refractivity contribution in [3.63, 3.8) is 0 Å². The molecule has 4 aliphatic rings. The topological polar surface area (TPSA) is 6.48 Å². The van der Waals surface area contributed by atoms with E-state index in [-0.39, 0.29) is 13.4 Å². The number of rotatable bonds is 2. The van der Waals surface area contributed by atoms with Gasteiger partial charge in [0, 0.05) is 34.1 Å². The second-order valence-electron chi connectivity index (χ2n) is 15.9. The molecule has 10 aromatic carbocycles. The molecule has 0 fully saturated rings. The van der Waals surface area contributed by atoms with E-state index in [0.717, 1.165) is 0 Å². The monoisotopic (exact) mass is 704 g/mol. The minimum absolute atomic E-state index is 0.138. The second-order valence-corrected chi connectivity index (χ2v) is 15.9. The summed E-state index contributed by atoms with van der Waals surface area (Å²) < 4.78 is 0. The van der Waals surface area contributed by atoms with E-state index >= 15 is 0 Å². The largest absolute Gasteiger partial charge is 0.312 e. The molecule has 0 N–H and O–H groups in total. The van der Waals surface area contributed by atoms with Crippen LogP contribution in [-0.2, 0) is 0 Å². The average molecular weight is 704 g/mol. The van der Waals surface area contributed by atoms with E-state index in [2.05, 4.69) is 192 Å². The quantitative estimate of drug-likeness (QED) is 0.131. The van der Waals surface area contributed by atoms with Crippen molar-refractivity contribution in [1.82, 2.24) is 0 Å². The maximum Gasteiger partial charge on any atom is 0.248 e. The van der Waals surface area contributed by atoms with E-state index in [1.54, 1.807) is 0 Å². The Balaban J connectivity index is 1.09. The summed E-state index contributed by atoms with van der Waals surface area (Å²) in [6.45, 7) is 0.275. The van der Waals surface area contributed by atoms with Crippen LogP contribution in [0.5, 0.6) is 0 Å². The Bertz CT molecular complexity index is 3110. The van der Waals surface area contributed by atoms with Gasteiger partial charge in [-0.15, -0.1) is 0 Å². The van der Waals surface area contributed by atoms with Crippen molar-refractivity contribution < 1.29 is 0 Å². The summed E-state index contributed by atoms with van der Waals surface area (Å²) in [5.74, 6) is 0. The first-order valence-corrected chi connectivity index (χ1v) is 19.8. The van der Waals surface area contributed by atoms with Crippen LogP contribution in [0.4, 0.5) is 34.1 Å². The second kappa shape index (κ2) is 10.4. The lowest BCUT2D eigenvalue weighted by Gasteiger charge is -2.41. The minimum Gasteiger partial charge on any atom is -0.312 e. The van der Waals surface area contributed by atoms with Gasteiger partial charge in [0.2, 0.25) is 13.4 Å². The van der Waals surface area contributed by atoms with Crippen molar-refractivity contribution in [2.24, 2.45) is 0 Å². The van der Waals surface area contributed by atoms with E-state index in [4.69, 9.17) is 0 Å². The summed E-state index contributed by atoms with van der Waals surface area (Å²) >= 11 is 0. The van der Waals surface area contributed by atoms with Crippen molar-refractivity contribution in [2.45, 2.75) is 0 Å². The van der Waals surface area contributed by atoms with E-state index in [1.807, 2.05) is 0 Å². The number of anilines is 6. The van der Waals surface area contributed by atoms with Crippen molar-refractivity contribution in [3.8, 4) is 22.3 Å². The van der Waals surface area contributed by atoms with Gasteiger partial charge in [0.15, 0.2) is 0 Å². The van der Waals surface area contributed by atoms with Gasteiger partial charge >= 0.3 is 0 Å². The van der Waals surface area contributed by atoms with Crippen LogP contribution in [0.2, 0.25) is 0 Å². The molecule has 0 saturated heterocycles. The van der Waals surface area contributed by atoms with Crippen LogP contribution in [-0.4, -0.2) is 13.4 Å². The number of benzene rings is 10. The van der Waals surface area contributed by atoms with E-state index < -0.39 is 0 Å². The Kier molecular flexibility index (Phi) is 5.44. The zero-order valence-corrected chi connectivity index (χ0v) is 30.4. The van der Waals surface area contributed by atoms with Crippen molar-refractivity contribution in [1.29, 1.82) is 0 Å². The van der Waals surface area contributed by atoms with E-state index in [0.29, 0.717) is 0 Å². The molecule has 254 valence electrons. The molecule has 4 heteroatoms. The van der Waals surface area contributed by atoms with Gasteiger partial charge in [-0.2, -0.15) is 0 Å². The van der Waals surface area contributed by atoms with Crippen molar-refractivity contribution in [3.05, 3.63) is 182 Å². The van der Waals surface area contributed by atoms with Gasteiger partial charge in [0.25, 0.3) is 0 Å². The number of nitrogens with zero attached hydrogens (tertiary/aromatic N) is 2. The molecule has 2 nitrogen and oxygen atoms in total. The maximum atomic E-state index is 2.52. The maximum absolute atomic E-state index is 2.52. The van der Waals surface area contributed by atoms with Crippen LogP contribution in [0.1, 0.15) is 0 Å². The molecule has 10 aromatic rings. The Labute approximate surface area is 325 Å². The molecule has 0 aromatic heterocycles. The number of hydrogen-bond donors (Lipinski definition) is 0. The Morgan fingerprint density at radius 1 is 0.286 bits per heavy atom. The lowest BCUT2D eigenvalue weighted by atomic mass is 9.31. The molecule has 14 rings (SSSR count). The van der Waals surface area contributed by atoms with Gasteiger partial charge in [-0.05, 0) is 137 Å². The highest BCUT2D eigenvalue weighted by molar-refractivity contribution is 7.02. The average Bonchev–Trinajstić information content (AvgIpc) is 3.26. The smallest absolute Gasteiger partial charge is 0.248 e. The fourth-order valence-corrected chi connectivity index (χ4v) is 11.4. The zero-order chi connectivity index (χ0) is 36.2. The predicted octanol–water partition coefficient (Wildman–Crippen LogP) is 9.14. The molecule has 0 atom stereocenters. The molecule has 0 aliphatic carbocycles. The van der Waals surface area contributed by atoms with Crippen molar-refractivity contribution in [2.75, 3.05) is 9.80 Å². The first-order chi connectivity index (χ1) is 27.8. The van der Waals surface area contributed by atoms with Crippen LogP contribution in [0.25, 0.3) is 54.6 Å². The SMILES string of the molecule is c1ccc(N2c3ccccc3B3c4c(cccc42)-c2cc4ccc5c6c(cc7ccc3c2c7c46)-c2cccc3c2B5c2ccccc2N3c2ccccc2)cc1. The van der Waals surface area contributed by atoms with Gasteiger partial charge in [0.1, 0.15) is 0 Å². The first-order valence-electron chi connectivity index (χ1n) is 19.8. The fraction of sp³-hybridized carbons (Fsp3) is 0. The molecule has 0 bridgehead atoms. The summed E-state index contributed by atoms with van der Waals surface area (Å²) in [5, 5.41) is 8.27. The molecule has 0 amide bonds. The Morgan fingerprint density at radius 3 is 1.16 bits per heavy atom. The lowest BCUT2D eigenvalue weighted by Crippen LogP contribution is -2.59. The third-order valence-corrected chi connectivity index (χ3v) is 13.4. The molecule has 4 heterocycles. The molecule has 0 saturated carbocycles. The Morgan fingerprint density at radius 2 is 0.696 bits per heavy atom. The Hall–Kier alpha value is -7.03. The van der Waals surface area contributed by atoms with Crippen LogP contribution in [0, 0.1) is 0 Å². The van der Waals surface area contributed by atoms with Crippen LogP contribution in [0.15, 0.2) is 182 Å². The standard InChI is InChI=1S/C52H30B2N2/c1-3-13-33(14-4-1)55-43-21-9-7-19-39(43)53-41-27-25-32-30-38-36-18-12-24-46-52(36)54(40-20-8-10-22-44(40)56(46)34-15-5-2-6-16-34)42-28-26-31-29-37(35-17-11-23-45(55)51(35)53)49(41)47(32)48(31)50(38)42/h1-30H. The molecular formula is C52H30B2N2. The predicted molar refractivity (Wildman–Crippen MR) is 240 cm³/mol. The molecular weight excluding hydrogens is 674 g/mol. The highest BCUT2D eigenvalue weighted by atomic mass is 15.2. The molecule has 0 spiro atoms. The summed E-state index contributed by atoms with van der Waals surface area (Å²) in [7, 11) is 0. The normalized spacial score (nSPS) is 13.9. The van der Waals surface area contributed by atoms with Crippen LogP contribution < -0.4 is 42.6 Å². The van der Waals surface area contributed by atoms with Gasteiger partial charge in [-0.25, -0.2) is 0 Å². The highest BCUT2D eigenvalue weighted by Crippen LogP contribution is 2.49. The highest BCUT2D eigenvalue weighted by Gasteiger charge is 2.44.